The molecule has 0 radical (unpaired) electrons. The summed E-state index contributed by atoms with van der Waals surface area (Å²) >= 11 is 0. The summed E-state index contributed by atoms with van der Waals surface area (Å²) < 4.78 is 15.4. The molecule has 0 saturated carbocycles. The van der Waals surface area contributed by atoms with Gasteiger partial charge in [0.15, 0.2) is 11.8 Å². The van der Waals surface area contributed by atoms with Crippen LogP contribution >= 0.6 is 0 Å². The molecule has 0 spiro atoms. The largest absolute Gasteiger partial charge is 0.382 e. The highest BCUT2D eigenvalue weighted by molar-refractivity contribution is 5.79. The van der Waals surface area contributed by atoms with Crippen molar-refractivity contribution in [2.75, 3.05) is 47.1 Å². The Morgan fingerprint density at radius 1 is 1.18 bits per heavy atom. The fraction of sp³-hybridized carbons (Fsp3) is 0.786. The smallest absolute Gasteiger partial charge is 0.226 e. The Bertz CT molecular complexity index is 422. The van der Waals surface area contributed by atoms with Crippen molar-refractivity contribution in [3.05, 3.63) is 11.7 Å². The van der Waals surface area contributed by atoms with Crippen LogP contribution < -0.4 is 10.6 Å². The van der Waals surface area contributed by atoms with E-state index in [2.05, 4.69) is 25.8 Å². The van der Waals surface area contributed by atoms with Gasteiger partial charge in [-0.3, -0.25) is 4.99 Å². The van der Waals surface area contributed by atoms with Crippen LogP contribution in [0.4, 0.5) is 0 Å². The van der Waals surface area contributed by atoms with Gasteiger partial charge >= 0.3 is 0 Å². The second-order valence-corrected chi connectivity index (χ2v) is 4.72. The van der Waals surface area contributed by atoms with Crippen LogP contribution in [0, 0.1) is 6.92 Å². The van der Waals surface area contributed by atoms with Gasteiger partial charge in [0.1, 0.15) is 0 Å². The van der Waals surface area contributed by atoms with Gasteiger partial charge in [0, 0.05) is 40.3 Å². The van der Waals surface area contributed by atoms with Crippen LogP contribution in [0.5, 0.6) is 0 Å². The molecule has 22 heavy (non-hydrogen) atoms. The van der Waals surface area contributed by atoms with Crippen LogP contribution in [0.1, 0.15) is 24.6 Å². The molecule has 0 amide bonds. The third kappa shape index (κ3) is 8.58. The van der Waals surface area contributed by atoms with Crippen LogP contribution in [-0.2, 0) is 15.9 Å². The lowest BCUT2D eigenvalue weighted by Crippen LogP contribution is -2.38. The predicted octanol–water partition coefficient (Wildman–Crippen LogP) is 0.529. The lowest BCUT2D eigenvalue weighted by molar-refractivity contribution is 0.0698. The zero-order chi connectivity index (χ0) is 16.0. The minimum atomic E-state index is 0.635. The van der Waals surface area contributed by atoms with Crippen molar-refractivity contribution in [2.24, 2.45) is 4.99 Å². The molecule has 0 aliphatic rings. The van der Waals surface area contributed by atoms with Crippen LogP contribution in [0.15, 0.2) is 9.52 Å². The topological polar surface area (TPSA) is 93.8 Å². The molecule has 1 rings (SSSR count). The summed E-state index contributed by atoms with van der Waals surface area (Å²) in [6.45, 7) is 5.41. The lowest BCUT2D eigenvalue weighted by Gasteiger charge is -2.11. The molecule has 1 heterocycles. The molecule has 0 aliphatic carbocycles. The van der Waals surface area contributed by atoms with Crippen LogP contribution in [0.25, 0.3) is 0 Å². The SMILES string of the molecule is CN=C(NCCCOCCOC)NCCCc1nc(C)no1. The van der Waals surface area contributed by atoms with Crippen molar-refractivity contribution in [3.8, 4) is 0 Å². The summed E-state index contributed by atoms with van der Waals surface area (Å²) in [4.78, 5) is 8.33. The molecule has 8 nitrogen and oxygen atoms in total. The molecule has 0 fully saturated rings. The number of rotatable bonds is 11. The monoisotopic (exact) mass is 313 g/mol. The average molecular weight is 313 g/mol. The maximum atomic E-state index is 5.39. The number of methoxy groups -OCH3 is 1. The molecule has 0 bridgehead atoms. The minimum Gasteiger partial charge on any atom is -0.382 e. The van der Waals surface area contributed by atoms with Crippen LogP contribution in [-0.4, -0.2) is 63.2 Å². The summed E-state index contributed by atoms with van der Waals surface area (Å²) in [5.41, 5.74) is 0. The first kappa shape index (κ1) is 18.4. The quantitative estimate of drug-likeness (QED) is 0.349. The molecular weight excluding hydrogens is 286 g/mol. The van der Waals surface area contributed by atoms with Gasteiger partial charge in [0.25, 0.3) is 0 Å². The first-order valence-corrected chi connectivity index (χ1v) is 7.56. The van der Waals surface area contributed by atoms with E-state index in [9.17, 15) is 0 Å². The first-order valence-electron chi connectivity index (χ1n) is 7.56. The molecule has 2 N–H and O–H groups in total. The number of aliphatic imine (C=N–C) groups is 1. The van der Waals surface area contributed by atoms with Crippen molar-refractivity contribution in [1.82, 2.24) is 20.8 Å². The number of nitrogens with zero attached hydrogens (tertiary/aromatic N) is 3. The predicted molar refractivity (Wildman–Crippen MR) is 84.0 cm³/mol. The number of hydrogen-bond donors (Lipinski definition) is 2. The van der Waals surface area contributed by atoms with Gasteiger partial charge in [-0.05, 0) is 19.8 Å². The standard InChI is InChI=1S/C14H27N5O3/c1-12-18-13(22-19-12)6-4-7-16-14(15-2)17-8-5-9-21-11-10-20-3/h4-11H2,1-3H3,(H2,15,16,17). The van der Waals surface area contributed by atoms with Crippen molar-refractivity contribution >= 4 is 5.96 Å². The Labute approximate surface area is 131 Å². The van der Waals surface area contributed by atoms with E-state index in [-0.39, 0.29) is 0 Å². The molecule has 0 atom stereocenters. The number of hydrogen-bond acceptors (Lipinski definition) is 6. The van der Waals surface area contributed by atoms with Gasteiger partial charge in [0.2, 0.25) is 5.89 Å². The molecule has 1 aromatic heterocycles. The van der Waals surface area contributed by atoms with Gasteiger partial charge in [-0.2, -0.15) is 4.98 Å². The van der Waals surface area contributed by atoms with Gasteiger partial charge in [-0.15, -0.1) is 0 Å². The van der Waals surface area contributed by atoms with E-state index >= 15 is 0 Å². The second-order valence-electron chi connectivity index (χ2n) is 4.72. The Balaban J connectivity index is 2.00. The van der Waals surface area contributed by atoms with Gasteiger partial charge in [0.05, 0.1) is 13.2 Å². The maximum Gasteiger partial charge on any atom is 0.226 e. The summed E-state index contributed by atoms with van der Waals surface area (Å²) in [6, 6.07) is 0. The van der Waals surface area contributed by atoms with E-state index in [1.807, 2.05) is 6.92 Å². The van der Waals surface area contributed by atoms with Crippen molar-refractivity contribution < 1.29 is 14.0 Å². The highest BCUT2D eigenvalue weighted by atomic mass is 16.5. The molecule has 0 aliphatic heterocycles. The maximum absolute atomic E-state index is 5.39. The van der Waals surface area contributed by atoms with Gasteiger partial charge in [-0.1, -0.05) is 5.16 Å². The number of ether oxygens (including phenoxy) is 2. The van der Waals surface area contributed by atoms with Crippen LogP contribution in [0.3, 0.4) is 0 Å². The third-order valence-electron chi connectivity index (χ3n) is 2.84. The summed E-state index contributed by atoms with van der Waals surface area (Å²) in [6.07, 6.45) is 2.59. The van der Waals surface area contributed by atoms with Crippen LogP contribution in [0.2, 0.25) is 0 Å². The molecule has 0 unspecified atom stereocenters. The Hall–Kier alpha value is -1.67. The van der Waals surface area contributed by atoms with Gasteiger partial charge in [-0.25, -0.2) is 0 Å². The van der Waals surface area contributed by atoms with Crippen molar-refractivity contribution in [1.29, 1.82) is 0 Å². The van der Waals surface area contributed by atoms with E-state index in [4.69, 9.17) is 14.0 Å². The normalized spacial score (nSPS) is 11.7. The third-order valence-corrected chi connectivity index (χ3v) is 2.84. The zero-order valence-electron chi connectivity index (χ0n) is 13.7. The van der Waals surface area contributed by atoms with E-state index in [0.29, 0.717) is 31.5 Å². The lowest BCUT2D eigenvalue weighted by atomic mass is 10.3. The van der Waals surface area contributed by atoms with Crippen molar-refractivity contribution in [3.63, 3.8) is 0 Å². The number of aromatic nitrogens is 2. The van der Waals surface area contributed by atoms with E-state index in [1.165, 1.54) is 0 Å². The number of aryl methyl sites for hydroxylation is 2. The first-order chi connectivity index (χ1) is 10.8. The summed E-state index contributed by atoms with van der Waals surface area (Å²) in [5, 5.41) is 10.2. The molecular formula is C14H27N5O3. The average Bonchev–Trinajstić information content (AvgIpc) is 2.94. The molecule has 0 aromatic carbocycles. The Morgan fingerprint density at radius 2 is 1.95 bits per heavy atom. The Morgan fingerprint density at radius 3 is 2.59 bits per heavy atom. The second kappa shape index (κ2) is 11.9. The highest BCUT2D eigenvalue weighted by Gasteiger charge is 2.02. The fourth-order valence-electron chi connectivity index (χ4n) is 1.73. The molecule has 126 valence electrons. The van der Waals surface area contributed by atoms with E-state index in [0.717, 1.165) is 38.3 Å². The van der Waals surface area contributed by atoms with Crippen molar-refractivity contribution in [2.45, 2.75) is 26.2 Å². The summed E-state index contributed by atoms with van der Waals surface area (Å²) in [5.74, 6) is 2.14. The van der Waals surface area contributed by atoms with E-state index < -0.39 is 0 Å². The fourth-order valence-corrected chi connectivity index (χ4v) is 1.73. The molecule has 1 aromatic rings. The molecule has 8 heteroatoms. The highest BCUT2D eigenvalue weighted by Crippen LogP contribution is 1.98. The zero-order valence-corrected chi connectivity index (χ0v) is 13.7. The molecule has 0 saturated heterocycles. The van der Waals surface area contributed by atoms with E-state index in [1.54, 1.807) is 14.2 Å². The number of guanidine groups is 1. The minimum absolute atomic E-state index is 0.635. The summed E-state index contributed by atoms with van der Waals surface area (Å²) in [7, 11) is 3.42. The Kier molecular flexibility index (Phi) is 9.97. The number of nitrogens with one attached hydrogen (secondary N) is 2. The van der Waals surface area contributed by atoms with Gasteiger partial charge < -0.3 is 24.6 Å².